The van der Waals surface area contributed by atoms with Gasteiger partial charge in [-0.25, -0.2) is 4.79 Å². The van der Waals surface area contributed by atoms with E-state index < -0.39 is 0 Å². The minimum absolute atomic E-state index is 0.0162. The van der Waals surface area contributed by atoms with Gasteiger partial charge in [0.05, 0.1) is 12.6 Å². The fourth-order valence-electron chi connectivity index (χ4n) is 3.98. The van der Waals surface area contributed by atoms with Crippen LogP contribution in [0.25, 0.3) is 0 Å². The van der Waals surface area contributed by atoms with Crippen LogP contribution < -0.4 is 15.4 Å². The van der Waals surface area contributed by atoms with E-state index in [9.17, 15) is 9.90 Å². The Kier molecular flexibility index (Phi) is 5.03. The molecule has 2 aromatic rings. The minimum atomic E-state index is -0.331. The number of benzene rings is 2. The molecule has 0 saturated heterocycles. The van der Waals surface area contributed by atoms with Crippen molar-refractivity contribution in [1.82, 2.24) is 5.32 Å². The van der Waals surface area contributed by atoms with Gasteiger partial charge < -0.3 is 20.5 Å². The molecule has 4 rings (SSSR count). The summed E-state index contributed by atoms with van der Waals surface area (Å²) in [5.41, 5.74) is 5.52. The maximum Gasteiger partial charge on any atom is 0.319 e. The molecule has 2 aliphatic rings. The molecule has 5 heteroatoms. The Morgan fingerprint density at radius 2 is 2.04 bits per heavy atom. The number of rotatable bonds is 3. The van der Waals surface area contributed by atoms with Gasteiger partial charge in [-0.15, -0.1) is 0 Å². The summed E-state index contributed by atoms with van der Waals surface area (Å²) < 4.78 is 6.02. The molecule has 1 heterocycles. The first kappa shape index (κ1) is 17.9. The van der Waals surface area contributed by atoms with Crippen LogP contribution in [0.3, 0.4) is 0 Å². The van der Waals surface area contributed by atoms with Crippen molar-refractivity contribution in [1.29, 1.82) is 0 Å². The summed E-state index contributed by atoms with van der Waals surface area (Å²) in [6.07, 6.45) is 3.73. The summed E-state index contributed by atoms with van der Waals surface area (Å²) >= 11 is 0. The number of carbonyl (C=O) groups excluding carboxylic acids is 1. The Morgan fingerprint density at radius 3 is 2.93 bits per heavy atom. The molecule has 1 aliphatic heterocycles. The lowest BCUT2D eigenvalue weighted by atomic mass is 9.88. The highest BCUT2D eigenvalue weighted by molar-refractivity contribution is 5.90. The minimum Gasteiger partial charge on any atom is -0.488 e. The third-order valence-electron chi connectivity index (χ3n) is 5.44. The molecule has 0 radical (unpaired) electrons. The van der Waals surface area contributed by atoms with Gasteiger partial charge in [0.2, 0.25) is 0 Å². The van der Waals surface area contributed by atoms with E-state index in [2.05, 4.69) is 29.7 Å². The van der Waals surface area contributed by atoms with Gasteiger partial charge in [-0.3, -0.25) is 0 Å². The van der Waals surface area contributed by atoms with E-state index in [1.807, 2.05) is 24.3 Å². The van der Waals surface area contributed by atoms with E-state index in [1.54, 1.807) is 0 Å². The number of aryl methyl sites for hydroxylation is 3. The molecule has 1 aliphatic carbocycles. The smallest absolute Gasteiger partial charge is 0.319 e. The molecule has 0 spiro atoms. The fraction of sp³-hybridized carbons (Fsp3) is 0.409. The second kappa shape index (κ2) is 7.61. The quantitative estimate of drug-likeness (QED) is 0.780. The van der Waals surface area contributed by atoms with Crippen LogP contribution in [0.15, 0.2) is 36.4 Å². The lowest BCUT2D eigenvalue weighted by molar-refractivity contribution is 0.159. The molecule has 0 aromatic heterocycles. The summed E-state index contributed by atoms with van der Waals surface area (Å²) in [5, 5.41) is 15.8. The molecule has 0 bridgehead atoms. The summed E-state index contributed by atoms with van der Waals surface area (Å²) in [5.74, 6) is 0.921. The number of aliphatic hydroxyl groups is 1. The zero-order valence-electron chi connectivity index (χ0n) is 15.6. The highest BCUT2D eigenvalue weighted by Gasteiger charge is 2.22. The van der Waals surface area contributed by atoms with Gasteiger partial charge in [-0.05, 0) is 61.4 Å². The van der Waals surface area contributed by atoms with Crippen molar-refractivity contribution in [2.75, 3.05) is 11.9 Å². The first-order valence-electron chi connectivity index (χ1n) is 9.68. The molecule has 5 nitrogen and oxygen atoms in total. The monoisotopic (exact) mass is 366 g/mol. The van der Waals surface area contributed by atoms with Crippen molar-refractivity contribution >= 4 is 11.7 Å². The lowest BCUT2D eigenvalue weighted by Gasteiger charge is -2.27. The van der Waals surface area contributed by atoms with E-state index in [-0.39, 0.29) is 18.2 Å². The number of fused-ring (bicyclic) bond motifs is 2. The Bertz CT molecular complexity index is 849. The van der Waals surface area contributed by atoms with E-state index in [4.69, 9.17) is 4.74 Å². The lowest BCUT2D eigenvalue weighted by Crippen LogP contribution is -2.39. The molecule has 2 unspecified atom stereocenters. The van der Waals surface area contributed by atoms with Crippen molar-refractivity contribution < 1.29 is 14.6 Å². The van der Waals surface area contributed by atoms with E-state index in [0.717, 1.165) is 42.7 Å². The number of hydrogen-bond acceptors (Lipinski definition) is 3. The first-order chi connectivity index (χ1) is 13.1. The summed E-state index contributed by atoms with van der Waals surface area (Å²) in [6, 6.07) is 11.9. The van der Waals surface area contributed by atoms with Gasteiger partial charge in [0, 0.05) is 12.1 Å². The topological polar surface area (TPSA) is 70.6 Å². The van der Waals surface area contributed by atoms with Crippen LogP contribution in [-0.4, -0.2) is 29.9 Å². The normalized spacial score (nSPS) is 20.8. The second-order valence-electron chi connectivity index (χ2n) is 7.56. The van der Waals surface area contributed by atoms with Gasteiger partial charge in [0.25, 0.3) is 0 Å². The number of aliphatic hydroxyl groups excluding tert-OH is 1. The highest BCUT2D eigenvalue weighted by atomic mass is 16.5. The zero-order valence-corrected chi connectivity index (χ0v) is 15.6. The van der Waals surface area contributed by atoms with Crippen LogP contribution in [0.5, 0.6) is 5.75 Å². The third-order valence-corrected chi connectivity index (χ3v) is 5.44. The highest BCUT2D eigenvalue weighted by Crippen LogP contribution is 2.29. The molecule has 2 amide bonds. The second-order valence-corrected chi connectivity index (χ2v) is 7.56. The zero-order chi connectivity index (χ0) is 18.8. The molecular formula is C22H26N2O3. The van der Waals surface area contributed by atoms with Crippen LogP contribution in [0.4, 0.5) is 10.5 Å². The van der Waals surface area contributed by atoms with Crippen molar-refractivity contribution in [2.24, 2.45) is 0 Å². The predicted octanol–water partition coefficient (Wildman–Crippen LogP) is 3.36. The summed E-state index contributed by atoms with van der Waals surface area (Å²) in [7, 11) is 0. The Hall–Kier alpha value is -2.53. The fourth-order valence-corrected chi connectivity index (χ4v) is 3.98. The average Bonchev–Trinajstić information content (AvgIpc) is 2.67. The van der Waals surface area contributed by atoms with Gasteiger partial charge >= 0.3 is 6.03 Å². The molecular weight excluding hydrogens is 340 g/mol. The van der Waals surface area contributed by atoms with Crippen molar-refractivity contribution in [3.8, 4) is 5.75 Å². The third kappa shape index (κ3) is 4.08. The molecule has 142 valence electrons. The van der Waals surface area contributed by atoms with Crippen LogP contribution in [0.2, 0.25) is 0 Å². The molecule has 2 aromatic carbocycles. The van der Waals surface area contributed by atoms with Gasteiger partial charge in [-0.2, -0.15) is 0 Å². The first-order valence-corrected chi connectivity index (χ1v) is 9.68. The number of anilines is 1. The molecule has 3 N–H and O–H groups in total. The van der Waals surface area contributed by atoms with Crippen LogP contribution in [0, 0.1) is 6.92 Å². The standard InChI is InChI=1S/C22H26N2O3/c1-14-5-10-21-16(11-14)7-9-18(27-21)13-23-22(26)24-20-4-2-3-15-6-8-17(25)12-19(15)20/h2-5,10-11,17-18,25H,6-9,12-13H2,1H3,(H2,23,24,26). The molecule has 2 atom stereocenters. The Morgan fingerprint density at radius 1 is 1.19 bits per heavy atom. The van der Waals surface area contributed by atoms with E-state index >= 15 is 0 Å². The number of amides is 2. The number of carbonyl (C=O) groups is 1. The number of hydrogen-bond donors (Lipinski definition) is 3. The SMILES string of the molecule is Cc1ccc2c(c1)CCC(CNC(=O)Nc1cccc3c1CC(O)CC3)O2. The van der Waals surface area contributed by atoms with Crippen LogP contribution in [0.1, 0.15) is 35.1 Å². The predicted molar refractivity (Wildman–Crippen MR) is 105 cm³/mol. The summed E-state index contributed by atoms with van der Waals surface area (Å²) in [4.78, 5) is 12.4. The van der Waals surface area contributed by atoms with Gasteiger partial charge in [-0.1, -0.05) is 29.8 Å². The molecule has 0 saturated carbocycles. The molecule has 27 heavy (non-hydrogen) atoms. The van der Waals surface area contributed by atoms with Gasteiger partial charge in [0.1, 0.15) is 11.9 Å². The summed E-state index contributed by atoms with van der Waals surface area (Å²) in [6.45, 7) is 2.55. The van der Waals surface area contributed by atoms with Crippen LogP contribution >= 0.6 is 0 Å². The van der Waals surface area contributed by atoms with E-state index in [0.29, 0.717) is 13.0 Å². The van der Waals surface area contributed by atoms with Crippen molar-refractivity contribution in [3.63, 3.8) is 0 Å². The largest absolute Gasteiger partial charge is 0.488 e. The van der Waals surface area contributed by atoms with Gasteiger partial charge in [0.15, 0.2) is 0 Å². The van der Waals surface area contributed by atoms with Crippen LogP contribution in [-0.2, 0) is 19.3 Å². The maximum atomic E-state index is 12.4. The maximum absolute atomic E-state index is 12.4. The number of ether oxygens (including phenoxy) is 1. The average molecular weight is 366 g/mol. The number of nitrogens with one attached hydrogen (secondary N) is 2. The Balaban J connectivity index is 1.34. The van der Waals surface area contributed by atoms with Crippen molar-refractivity contribution in [2.45, 2.75) is 51.2 Å². The van der Waals surface area contributed by atoms with E-state index in [1.165, 1.54) is 16.7 Å². The Labute approximate surface area is 159 Å². The molecule has 0 fully saturated rings. The number of urea groups is 1. The van der Waals surface area contributed by atoms with Crippen molar-refractivity contribution in [3.05, 3.63) is 58.7 Å².